The Morgan fingerprint density at radius 2 is 2.44 bits per heavy atom. The Labute approximate surface area is 59.3 Å². The summed E-state index contributed by atoms with van der Waals surface area (Å²) in [6.07, 6.45) is 3.74. The lowest BCUT2D eigenvalue weighted by molar-refractivity contribution is 0.537. The summed E-state index contributed by atoms with van der Waals surface area (Å²) in [6.45, 7) is 2.20. The molecule has 0 aromatic carbocycles. The highest BCUT2D eigenvalue weighted by Gasteiger charge is 2.19. The fourth-order valence-corrected chi connectivity index (χ4v) is 2.99. The van der Waals surface area contributed by atoms with Crippen molar-refractivity contribution in [1.29, 1.82) is 0 Å². The molecule has 0 bridgehead atoms. The molecule has 1 heterocycles. The van der Waals surface area contributed by atoms with E-state index in [9.17, 15) is 4.21 Å². The first-order valence-electron chi connectivity index (χ1n) is 3.68. The lowest BCUT2D eigenvalue weighted by Gasteiger charge is -2.02. The summed E-state index contributed by atoms with van der Waals surface area (Å²) in [5.41, 5.74) is 0. The summed E-state index contributed by atoms with van der Waals surface area (Å²) < 4.78 is 10.8. The van der Waals surface area contributed by atoms with Gasteiger partial charge in [-0.25, -0.2) is 0 Å². The Morgan fingerprint density at radius 1 is 1.67 bits per heavy atom. The number of hydrogen-bond acceptors (Lipinski definition) is 1. The minimum Gasteiger partial charge on any atom is -0.260 e. The van der Waals surface area contributed by atoms with Crippen LogP contribution in [-0.4, -0.2) is 15.7 Å². The SMILES string of the molecule is CCCC1CCS(=O)C1. The van der Waals surface area contributed by atoms with Crippen LogP contribution < -0.4 is 0 Å². The van der Waals surface area contributed by atoms with E-state index in [1.54, 1.807) is 0 Å². The quantitative estimate of drug-likeness (QED) is 0.577. The van der Waals surface area contributed by atoms with Crippen LogP contribution in [0.3, 0.4) is 0 Å². The average Bonchev–Trinajstić information content (AvgIpc) is 2.17. The van der Waals surface area contributed by atoms with Crippen LogP contribution in [-0.2, 0) is 10.8 Å². The molecule has 0 saturated carbocycles. The second-order valence-corrected chi connectivity index (χ2v) is 4.38. The number of hydrogen-bond donors (Lipinski definition) is 0. The van der Waals surface area contributed by atoms with Gasteiger partial charge < -0.3 is 0 Å². The summed E-state index contributed by atoms with van der Waals surface area (Å²) in [5, 5.41) is 0. The van der Waals surface area contributed by atoms with Gasteiger partial charge in [-0.05, 0) is 18.8 Å². The third-order valence-corrected chi connectivity index (χ3v) is 3.41. The van der Waals surface area contributed by atoms with Crippen molar-refractivity contribution in [2.24, 2.45) is 5.92 Å². The molecule has 0 aromatic heterocycles. The van der Waals surface area contributed by atoms with Gasteiger partial charge in [0.2, 0.25) is 0 Å². The largest absolute Gasteiger partial charge is 0.260 e. The zero-order valence-corrected chi connectivity index (χ0v) is 6.75. The summed E-state index contributed by atoms with van der Waals surface area (Å²) in [4.78, 5) is 0. The van der Waals surface area contributed by atoms with Crippen LogP contribution in [0.5, 0.6) is 0 Å². The highest BCUT2D eigenvalue weighted by Crippen LogP contribution is 2.19. The van der Waals surface area contributed by atoms with E-state index in [0.717, 1.165) is 17.4 Å². The van der Waals surface area contributed by atoms with E-state index in [0.29, 0.717) is 0 Å². The maximum atomic E-state index is 10.8. The van der Waals surface area contributed by atoms with Gasteiger partial charge in [-0.2, -0.15) is 0 Å². The molecule has 0 aromatic rings. The van der Waals surface area contributed by atoms with Crippen molar-refractivity contribution in [3.05, 3.63) is 0 Å². The maximum Gasteiger partial charge on any atom is 0.0263 e. The van der Waals surface area contributed by atoms with Gasteiger partial charge in [0, 0.05) is 22.3 Å². The summed E-state index contributed by atoms with van der Waals surface area (Å²) in [6, 6.07) is 0. The van der Waals surface area contributed by atoms with Gasteiger partial charge in [0.05, 0.1) is 0 Å². The van der Waals surface area contributed by atoms with Crippen molar-refractivity contribution in [3.8, 4) is 0 Å². The Bertz CT molecular complexity index is 111. The lowest BCUT2D eigenvalue weighted by Crippen LogP contribution is -1.98. The summed E-state index contributed by atoms with van der Waals surface area (Å²) in [7, 11) is -0.454. The smallest absolute Gasteiger partial charge is 0.0263 e. The van der Waals surface area contributed by atoms with Crippen LogP contribution in [0.25, 0.3) is 0 Å². The topological polar surface area (TPSA) is 17.1 Å². The first-order chi connectivity index (χ1) is 4.33. The second-order valence-electron chi connectivity index (χ2n) is 2.75. The lowest BCUT2D eigenvalue weighted by atomic mass is 10.0. The highest BCUT2D eigenvalue weighted by molar-refractivity contribution is 7.85. The first-order valence-corrected chi connectivity index (χ1v) is 5.16. The standard InChI is InChI=1S/C7H14OS/c1-2-3-7-4-5-9(8)6-7/h7H,2-6H2,1H3. The third kappa shape index (κ3) is 2.09. The molecule has 2 heteroatoms. The van der Waals surface area contributed by atoms with Crippen molar-refractivity contribution in [2.45, 2.75) is 26.2 Å². The van der Waals surface area contributed by atoms with Crippen molar-refractivity contribution in [2.75, 3.05) is 11.5 Å². The Morgan fingerprint density at radius 3 is 2.89 bits per heavy atom. The van der Waals surface area contributed by atoms with Gasteiger partial charge >= 0.3 is 0 Å². The van der Waals surface area contributed by atoms with Crippen LogP contribution in [0.15, 0.2) is 0 Å². The molecule has 1 nitrogen and oxygen atoms in total. The summed E-state index contributed by atoms with van der Waals surface area (Å²) in [5.74, 6) is 2.73. The molecule has 0 aliphatic carbocycles. The van der Waals surface area contributed by atoms with Crippen molar-refractivity contribution >= 4 is 10.8 Å². The predicted molar refractivity (Wildman–Crippen MR) is 40.9 cm³/mol. The Hall–Kier alpha value is 0.150. The molecule has 0 radical (unpaired) electrons. The van der Waals surface area contributed by atoms with E-state index in [1.165, 1.54) is 19.3 Å². The monoisotopic (exact) mass is 146 g/mol. The minimum absolute atomic E-state index is 0.454. The molecular formula is C7H14OS. The highest BCUT2D eigenvalue weighted by atomic mass is 32.2. The van der Waals surface area contributed by atoms with Gasteiger partial charge in [-0.3, -0.25) is 4.21 Å². The molecule has 1 aliphatic rings. The molecule has 1 aliphatic heterocycles. The van der Waals surface area contributed by atoms with Crippen molar-refractivity contribution in [3.63, 3.8) is 0 Å². The maximum absolute atomic E-state index is 10.8. The van der Waals surface area contributed by atoms with Gasteiger partial charge in [-0.15, -0.1) is 0 Å². The van der Waals surface area contributed by atoms with E-state index in [4.69, 9.17) is 0 Å². The van der Waals surface area contributed by atoms with Crippen LogP contribution >= 0.6 is 0 Å². The Kier molecular flexibility index (Phi) is 2.70. The van der Waals surface area contributed by atoms with Crippen molar-refractivity contribution in [1.82, 2.24) is 0 Å². The van der Waals surface area contributed by atoms with E-state index in [1.807, 2.05) is 0 Å². The third-order valence-electron chi connectivity index (χ3n) is 1.87. The van der Waals surface area contributed by atoms with Crippen LogP contribution in [0.4, 0.5) is 0 Å². The normalized spacial score (nSPS) is 35.2. The molecule has 9 heavy (non-hydrogen) atoms. The number of rotatable bonds is 2. The van der Waals surface area contributed by atoms with Gasteiger partial charge in [0.1, 0.15) is 0 Å². The van der Waals surface area contributed by atoms with E-state index < -0.39 is 10.8 Å². The second kappa shape index (κ2) is 3.35. The zero-order valence-electron chi connectivity index (χ0n) is 5.93. The van der Waals surface area contributed by atoms with Crippen LogP contribution in [0.2, 0.25) is 0 Å². The van der Waals surface area contributed by atoms with Gasteiger partial charge in [0.25, 0.3) is 0 Å². The molecule has 1 saturated heterocycles. The van der Waals surface area contributed by atoms with Crippen LogP contribution in [0.1, 0.15) is 26.2 Å². The first kappa shape index (κ1) is 7.26. The molecule has 2 unspecified atom stereocenters. The molecule has 0 spiro atoms. The molecule has 1 rings (SSSR count). The molecule has 54 valence electrons. The molecule has 2 atom stereocenters. The predicted octanol–water partition coefficient (Wildman–Crippen LogP) is 1.56. The molecule has 0 amide bonds. The minimum atomic E-state index is -0.454. The van der Waals surface area contributed by atoms with Crippen molar-refractivity contribution < 1.29 is 4.21 Å². The zero-order chi connectivity index (χ0) is 6.69. The fraction of sp³-hybridized carbons (Fsp3) is 1.00. The van der Waals surface area contributed by atoms with E-state index in [-0.39, 0.29) is 0 Å². The van der Waals surface area contributed by atoms with Crippen LogP contribution in [0, 0.1) is 5.92 Å². The fourth-order valence-electron chi connectivity index (χ4n) is 1.36. The van der Waals surface area contributed by atoms with Gasteiger partial charge in [0.15, 0.2) is 0 Å². The molecule has 1 fully saturated rings. The molecule has 0 N–H and O–H groups in total. The Balaban J connectivity index is 2.22. The summed E-state index contributed by atoms with van der Waals surface area (Å²) >= 11 is 0. The molecular weight excluding hydrogens is 132 g/mol. The van der Waals surface area contributed by atoms with E-state index >= 15 is 0 Å². The van der Waals surface area contributed by atoms with E-state index in [2.05, 4.69) is 6.92 Å². The average molecular weight is 146 g/mol. The van der Waals surface area contributed by atoms with Gasteiger partial charge in [-0.1, -0.05) is 13.3 Å².